The molecule has 6 nitrogen and oxygen atoms in total. The zero-order chi connectivity index (χ0) is 17.9. The first-order valence-electron chi connectivity index (χ1n) is 9.64. The number of aromatic nitrogens is 3. The largest absolute Gasteiger partial charge is 0.425 e. The number of aryl methyl sites for hydroxylation is 2. The van der Waals surface area contributed by atoms with Crippen LogP contribution >= 0.6 is 0 Å². The van der Waals surface area contributed by atoms with Gasteiger partial charge >= 0.3 is 0 Å². The first-order valence-corrected chi connectivity index (χ1v) is 9.64. The molecule has 0 bridgehead atoms. The fraction of sp³-hybridized carbons (Fsp3) is 0.600. The molecule has 0 N–H and O–H groups in total. The van der Waals surface area contributed by atoms with Gasteiger partial charge in [0.1, 0.15) is 0 Å². The van der Waals surface area contributed by atoms with Crippen LogP contribution < -0.4 is 0 Å². The number of hydrogen-bond acceptors (Lipinski definition) is 5. The second kappa shape index (κ2) is 5.63. The lowest BCUT2D eigenvalue weighted by Gasteiger charge is -2.24. The van der Waals surface area contributed by atoms with Gasteiger partial charge in [0.2, 0.25) is 11.8 Å². The molecule has 2 aromatic rings. The molecule has 2 saturated carbocycles. The van der Waals surface area contributed by atoms with E-state index in [4.69, 9.17) is 9.40 Å². The van der Waals surface area contributed by atoms with Crippen LogP contribution in [0.4, 0.5) is 0 Å². The van der Waals surface area contributed by atoms with Gasteiger partial charge in [-0.3, -0.25) is 9.78 Å². The molecule has 2 atom stereocenters. The summed E-state index contributed by atoms with van der Waals surface area (Å²) < 4.78 is 5.82. The van der Waals surface area contributed by atoms with E-state index in [1.807, 2.05) is 30.9 Å². The topological polar surface area (TPSA) is 72.1 Å². The fourth-order valence-corrected chi connectivity index (χ4v) is 4.89. The number of likely N-dealkylation sites (tertiary alicyclic amines) is 1. The molecule has 1 amide bonds. The Kier molecular flexibility index (Phi) is 3.46. The maximum absolute atomic E-state index is 13.3. The molecule has 0 spiro atoms. The average Bonchev–Trinajstić information content (AvgIpc) is 3.07. The predicted octanol–water partition coefficient (Wildman–Crippen LogP) is 3.15. The first-order chi connectivity index (χ1) is 12.6. The van der Waals surface area contributed by atoms with Gasteiger partial charge in [-0.25, -0.2) is 0 Å². The maximum Gasteiger partial charge on any atom is 0.255 e. The Hall–Kier alpha value is -2.24. The molecular weight excluding hydrogens is 328 g/mol. The molecule has 0 unspecified atom stereocenters. The molecule has 0 aromatic carbocycles. The van der Waals surface area contributed by atoms with Crippen LogP contribution in [0, 0.1) is 19.8 Å². The first kappa shape index (κ1) is 16.0. The van der Waals surface area contributed by atoms with Crippen LogP contribution in [-0.2, 0) is 5.41 Å². The van der Waals surface area contributed by atoms with Gasteiger partial charge in [0.05, 0.1) is 16.7 Å². The third-order valence-electron chi connectivity index (χ3n) is 6.37. The predicted molar refractivity (Wildman–Crippen MR) is 94.9 cm³/mol. The quantitative estimate of drug-likeness (QED) is 0.848. The second-order valence-corrected chi connectivity index (χ2v) is 8.22. The lowest BCUT2D eigenvalue weighted by Crippen LogP contribution is -2.35. The zero-order valence-corrected chi connectivity index (χ0v) is 15.4. The smallest absolute Gasteiger partial charge is 0.255 e. The highest BCUT2D eigenvalue weighted by Crippen LogP contribution is 2.50. The number of fused-ring (bicyclic) bond motifs is 1. The third-order valence-corrected chi connectivity index (χ3v) is 6.37. The van der Waals surface area contributed by atoms with E-state index in [1.54, 1.807) is 0 Å². The summed E-state index contributed by atoms with van der Waals surface area (Å²) >= 11 is 0. The Balaban J connectivity index is 1.46. The van der Waals surface area contributed by atoms with Crippen molar-refractivity contribution in [2.45, 2.75) is 57.3 Å². The average molecular weight is 352 g/mol. The van der Waals surface area contributed by atoms with Crippen molar-refractivity contribution in [2.75, 3.05) is 13.1 Å². The summed E-state index contributed by atoms with van der Waals surface area (Å²) in [5.41, 5.74) is 2.61. The molecule has 1 aliphatic heterocycles. The highest BCUT2D eigenvalue weighted by Gasteiger charge is 2.55. The summed E-state index contributed by atoms with van der Waals surface area (Å²) in [5, 5.41) is 8.37. The van der Waals surface area contributed by atoms with Crippen molar-refractivity contribution in [3.05, 3.63) is 40.9 Å². The number of amides is 1. The zero-order valence-electron chi connectivity index (χ0n) is 15.4. The Morgan fingerprint density at radius 3 is 2.81 bits per heavy atom. The van der Waals surface area contributed by atoms with E-state index in [2.05, 4.69) is 10.2 Å². The summed E-state index contributed by atoms with van der Waals surface area (Å²) in [5.74, 6) is 2.31. The Morgan fingerprint density at radius 1 is 1.23 bits per heavy atom. The highest BCUT2D eigenvalue weighted by atomic mass is 16.4. The van der Waals surface area contributed by atoms with E-state index in [9.17, 15) is 4.79 Å². The van der Waals surface area contributed by atoms with Crippen LogP contribution in [0.25, 0.3) is 0 Å². The SMILES string of the molecule is Cc1ccc(C(=O)N2C[C@@H]3CCC[C@]3(c3nnc(C)o3)C2)c(C2CC2)n1. The number of carbonyl (C=O) groups excluding carboxylic acids is 1. The van der Waals surface area contributed by atoms with Crippen LogP contribution in [0.15, 0.2) is 16.5 Å². The van der Waals surface area contributed by atoms with Gasteiger partial charge in [0, 0.05) is 31.6 Å². The van der Waals surface area contributed by atoms with Gasteiger partial charge in [-0.2, -0.15) is 0 Å². The number of carbonyl (C=O) groups is 1. The summed E-state index contributed by atoms with van der Waals surface area (Å²) in [6, 6.07) is 3.92. The maximum atomic E-state index is 13.3. The van der Waals surface area contributed by atoms with E-state index in [1.165, 1.54) is 0 Å². The second-order valence-electron chi connectivity index (χ2n) is 8.22. The molecule has 1 saturated heterocycles. The number of nitrogens with zero attached hydrogens (tertiary/aromatic N) is 4. The number of pyridine rings is 1. The molecule has 2 aliphatic carbocycles. The van der Waals surface area contributed by atoms with Gasteiger partial charge in [-0.05, 0) is 50.7 Å². The van der Waals surface area contributed by atoms with Crippen molar-refractivity contribution in [1.82, 2.24) is 20.1 Å². The minimum absolute atomic E-state index is 0.115. The normalized spacial score (nSPS) is 27.8. The summed E-state index contributed by atoms with van der Waals surface area (Å²) in [7, 11) is 0. The van der Waals surface area contributed by atoms with Crippen LogP contribution in [0.2, 0.25) is 0 Å². The van der Waals surface area contributed by atoms with Gasteiger partial charge in [-0.15, -0.1) is 10.2 Å². The van der Waals surface area contributed by atoms with Gasteiger partial charge in [-0.1, -0.05) is 6.42 Å². The molecule has 5 rings (SSSR count). The van der Waals surface area contributed by atoms with Crippen molar-refractivity contribution >= 4 is 5.91 Å². The molecule has 26 heavy (non-hydrogen) atoms. The molecule has 136 valence electrons. The van der Waals surface area contributed by atoms with Crippen molar-refractivity contribution < 1.29 is 9.21 Å². The van der Waals surface area contributed by atoms with Crippen molar-refractivity contribution in [2.24, 2.45) is 5.92 Å². The Bertz CT molecular complexity index is 872. The highest BCUT2D eigenvalue weighted by molar-refractivity contribution is 5.96. The molecule has 0 radical (unpaired) electrons. The monoisotopic (exact) mass is 352 g/mol. The molecule has 2 aromatic heterocycles. The van der Waals surface area contributed by atoms with Crippen LogP contribution in [0.3, 0.4) is 0 Å². The lowest BCUT2D eigenvalue weighted by molar-refractivity contribution is 0.0774. The summed E-state index contributed by atoms with van der Waals surface area (Å²) in [6.45, 7) is 5.27. The molecule has 6 heteroatoms. The van der Waals surface area contributed by atoms with E-state index in [-0.39, 0.29) is 11.3 Å². The molecular formula is C20H24N4O2. The van der Waals surface area contributed by atoms with E-state index >= 15 is 0 Å². The standard InChI is InChI=1S/C20H24N4O2/c1-12-5-8-16(17(21-12)14-6-7-14)18(25)24-10-15-4-3-9-20(15,11-24)19-23-22-13(2)26-19/h5,8,14-15H,3-4,6-7,9-11H2,1-2H3/t15-,20-/m0/s1. The van der Waals surface area contributed by atoms with E-state index < -0.39 is 0 Å². The number of hydrogen-bond donors (Lipinski definition) is 0. The fourth-order valence-electron chi connectivity index (χ4n) is 4.89. The molecule has 3 aliphatic rings. The van der Waals surface area contributed by atoms with Crippen molar-refractivity contribution in [1.29, 1.82) is 0 Å². The van der Waals surface area contributed by atoms with Crippen molar-refractivity contribution in [3.63, 3.8) is 0 Å². The summed E-state index contributed by atoms with van der Waals surface area (Å²) in [4.78, 5) is 20.0. The minimum Gasteiger partial charge on any atom is -0.425 e. The lowest BCUT2D eigenvalue weighted by atomic mass is 9.80. The van der Waals surface area contributed by atoms with Crippen LogP contribution in [-0.4, -0.2) is 39.1 Å². The van der Waals surface area contributed by atoms with Crippen molar-refractivity contribution in [3.8, 4) is 0 Å². The number of rotatable bonds is 3. The van der Waals surface area contributed by atoms with Crippen LogP contribution in [0.1, 0.15) is 71.5 Å². The van der Waals surface area contributed by atoms with Gasteiger partial charge in [0.25, 0.3) is 5.91 Å². The Morgan fingerprint density at radius 2 is 2.08 bits per heavy atom. The molecule has 3 fully saturated rings. The summed E-state index contributed by atoms with van der Waals surface area (Å²) in [6.07, 6.45) is 5.58. The Labute approximate surface area is 153 Å². The van der Waals surface area contributed by atoms with Crippen LogP contribution in [0.5, 0.6) is 0 Å². The molecule has 3 heterocycles. The van der Waals surface area contributed by atoms with Gasteiger partial charge < -0.3 is 9.32 Å². The van der Waals surface area contributed by atoms with E-state index in [0.717, 1.165) is 61.5 Å². The third kappa shape index (κ3) is 2.38. The minimum atomic E-state index is -0.158. The van der Waals surface area contributed by atoms with E-state index in [0.29, 0.717) is 24.3 Å². The van der Waals surface area contributed by atoms with Gasteiger partial charge in [0.15, 0.2) is 0 Å².